The maximum atomic E-state index is 12.5. The molecule has 1 aromatic carbocycles. The number of hydrogen-bond donors (Lipinski definition) is 2. The number of H-pyrrole nitrogens is 1. The number of fused-ring (bicyclic) bond motifs is 1. The number of ether oxygens (including phenoxy) is 1. The molecule has 1 saturated heterocycles. The number of hydrogen-bond acceptors (Lipinski definition) is 6. The highest BCUT2D eigenvalue weighted by Crippen LogP contribution is 2.34. The van der Waals surface area contributed by atoms with Crippen LogP contribution in [0.15, 0.2) is 23.0 Å². The van der Waals surface area contributed by atoms with Crippen molar-refractivity contribution in [3.05, 3.63) is 44.8 Å². The second kappa shape index (κ2) is 8.50. The Hall–Kier alpha value is -3.20. The molecule has 0 atom stereocenters. The van der Waals surface area contributed by atoms with Crippen molar-refractivity contribution in [1.82, 2.24) is 9.97 Å². The third-order valence-corrected chi connectivity index (χ3v) is 6.60. The Morgan fingerprint density at radius 2 is 2.13 bits per heavy atom. The van der Waals surface area contributed by atoms with E-state index in [0.29, 0.717) is 52.6 Å². The van der Waals surface area contributed by atoms with Gasteiger partial charge in [-0.2, -0.15) is 0 Å². The Balaban J connectivity index is 1.46. The van der Waals surface area contributed by atoms with E-state index in [1.165, 1.54) is 11.3 Å². The van der Waals surface area contributed by atoms with Crippen LogP contribution >= 0.6 is 11.3 Å². The number of amides is 2. The predicted octanol–water partition coefficient (Wildman–Crippen LogP) is 3.31. The largest absolute Gasteiger partial charge is 0.495 e. The van der Waals surface area contributed by atoms with Crippen molar-refractivity contribution in [3.8, 4) is 5.75 Å². The molecule has 31 heavy (non-hydrogen) atoms. The predicted molar refractivity (Wildman–Crippen MR) is 121 cm³/mol. The minimum Gasteiger partial charge on any atom is -0.495 e. The summed E-state index contributed by atoms with van der Waals surface area (Å²) < 4.78 is 5.38. The summed E-state index contributed by atoms with van der Waals surface area (Å²) in [5.41, 5.74) is 2.02. The molecule has 1 aliphatic heterocycles. The van der Waals surface area contributed by atoms with E-state index in [9.17, 15) is 14.4 Å². The summed E-state index contributed by atoms with van der Waals surface area (Å²) in [7, 11) is 1.55. The molecule has 1 aliphatic rings. The molecule has 162 valence electrons. The Bertz CT molecular complexity index is 1230. The maximum absolute atomic E-state index is 12.5. The number of aromatic nitrogens is 2. The third-order valence-electron chi connectivity index (χ3n) is 5.50. The van der Waals surface area contributed by atoms with Crippen molar-refractivity contribution in [2.45, 2.75) is 39.5 Å². The smallest absolute Gasteiger partial charge is 0.259 e. The molecule has 4 rings (SSSR count). The van der Waals surface area contributed by atoms with Gasteiger partial charge in [-0.1, -0.05) is 0 Å². The molecular weight excluding hydrogens is 416 g/mol. The normalized spacial score (nSPS) is 13.8. The average Bonchev–Trinajstić information content (AvgIpc) is 3.29. The summed E-state index contributed by atoms with van der Waals surface area (Å²) in [5.74, 6) is 0.924. The standard InChI is InChI=1S/C22H24N4O4S/c1-12-13(2)31-22-20(12)21(29)24-17(25-22)8-9-18(27)23-14-6-7-16(30-3)15(11-14)26-10-4-5-19(26)28/h6-7,11H,4-5,8-10H2,1-3H3,(H,23,27)(H,24,25,29). The van der Waals surface area contributed by atoms with Gasteiger partial charge in [0.05, 0.1) is 18.2 Å². The highest BCUT2D eigenvalue weighted by atomic mass is 32.1. The van der Waals surface area contributed by atoms with Crippen molar-refractivity contribution in [3.63, 3.8) is 0 Å². The van der Waals surface area contributed by atoms with Gasteiger partial charge in [0.15, 0.2) is 0 Å². The summed E-state index contributed by atoms with van der Waals surface area (Å²) in [6.45, 7) is 4.51. The number of carbonyl (C=O) groups excluding carboxylic acids is 2. The van der Waals surface area contributed by atoms with Gasteiger partial charge in [0.25, 0.3) is 5.56 Å². The minimum atomic E-state index is -0.204. The van der Waals surface area contributed by atoms with Crippen LogP contribution in [0.1, 0.15) is 35.5 Å². The third kappa shape index (κ3) is 4.18. The van der Waals surface area contributed by atoms with Crippen LogP contribution in [0, 0.1) is 13.8 Å². The molecule has 2 aromatic heterocycles. The Kier molecular flexibility index (Phi) is 5.77. The number of benzene rings is 1. The van der Waals surface area contributed by atoms with Crippen molar-refractivity contribution in [1.29, 1.82) is 0 Å². The molecular formula is C22H24N4O4S. The van der Waals surface area contributed by atoms with Gasteiger partial charge in [-0.15, -0.1) is 11.3 Å². The van der Waals surface area contributed by atoms with E-state index in [-0.39, 0.29) is 23.8 Å². The fourth-order valence-corrected chi connectivity index (χ4v) is 4.80. The molecule has 0 spiro atoms. The van der Waals surface area contributed by atoms with E-state index in [1.54, 1.807) is 30.2 Å². The van der Waals surface area contributed by atoms with E-state index in [2.05, 4.69) is 15.3 Å². The summed E-state index contributed by atoms with van der Waals surface area (Å²) in [5, 5.41) is 3.48. The van der Waals surface area contributed by atoms with E-state index >= 15 is 0 Å². The second-order valence-corrected chi connectivity index (χ2v) is 8.76. The quantitative estimate of drug-likeness (QED) is 0.612. The minimum absolute atomic E-state index is 0.0475. The summed E-state index contributed by atoms with van der Waals surface area (Å²) in [6.07, 6.45) is 1.80. The van der Waals surface area contributed by atoms with E-state index in [1.807, 2.05) is 13.8 Å². The first kappa shape index (κ1) is 21.0. The van der Waals surface area contributed by atoms with E-state index in [0.717, 1.165) is 16.9 Å². The number of nitrogens with zero attached hydrogens (tertiary/aromatic N) is 2. The van der Waals surface area contributed by atoms with Crippen LogP contribution in [0.4, 0.5) is 11.4 Å². The van der Waals surface area contributed by atoms with Gasteiger partial charge in [-0.25, -0.2) is 4.98 Å². The fraction of sp³-hybridized carbons (Fsp3) is 0.364. The molecule has 3 aromatic rings. The highest BCUT2D eigenvalue weighted by molar-refractivity contribution is 7.18. The number of rotatable bonds is 6. The van der Waals surface area contributed by atoms with Gasteiger partial charge in [0.1, 0.15) is 16.4 Å². The van der Waals surface area contributed by atoms with Crippen LogP contribution in [-0.2, 0) is 16.0 Å². The van der Waals surface area contributed by atoms with Gasteiger partial charge in [-0.3, -0.25) is 14.4 Å². The number of thiophene rings is 1. The highest BCUT2D eigenvalue weighted by Gasteiger charge is 2.25. The molecule has 0 aliphatic carbocycles. The lowest BCUT2D eigenvalue weighted by molar-refractivity contribution is -0.117. The topological polar surface area (TPSA) is 104 Å². The molecule has 2 amide bonds. The molecule has 3 heterocycles. The lowest BCUT2D eigenvalue weighted by atomic mass is 10.2. The van der Waals surface area contributed by atoms with Crippen LogP contribution < -0.4 is 20.5 Å². The fourth-order valence-electron chi connectivity index (χ4n) is 3.75. The monoisotopic (exact) mass is 440 g/mol. The lowest BCUT2D eigenvalue weighted by Crippen LogP contribution is -2.24. The number of methoxy groups -OCH3 is 1. The van der Waals surface area contributed by atoms with Crippen molar-refractivity contribution >= 4 is 44.7 Å². The molecule has 8 nitrogen and oxygen atoms in total. The van der Waals surface area contributed by atoms with Gasteiger partial charge in [-0.05, 0) is 44.0 Å². The zero-order valence-electron chi connectivity index (χ0n) is 17.7. The van der Waals surface area contributed by atoms with Crippen LogP contribution in [0.2, 0.25) is 0 Å². The van der Waals surface area contributed by atoms with Gasteiger partial charge in [0, 0.05) is 36.4 Å². The summed E-state index contributed by atoms with van der Waals surface area (Å²) in [4.78, 5) is 47.8. The molecule has 0 bridgehead atoms. The Morgan fingerprint density at radius 1 is 1.32 bits per heavy atom. The first-order valence-electron chi connectivity index (χ1n) is 10.1. The molecule has 0 saturated carbocycles. The summed E-state index contributed by atoms with van der Waals surface area (Å²) >= 11 is 1.49. The van der Waals surface area contributed by atoms with Crippen molar-refractivity contribution < 1.29 is 14.3 Å². The SMILES string of the molecule is COc1ccc(NC(=O)CCc2nc3sc(C)c(C)c3c(=O)[nH]2)cc1N1CCCC1=O. The van der Waals surface area contributed by atoms with Gasteiger partial charge in [0.2, 0.25) is 11.8 Å². The first-order chi connectivity index (χ1) is 14.9. The zero-order valence-corrected chi connectivity index (χ0v) is 18.5. The van der Waals surface area contributed by atoms with E-state index < -0.39 is 0 Å². The first-order valence-corrected chi connectivity index (χ1v) is 11.0. The summed E-state index contributed by atoms with van der Waals surface area (Å²) in [6, 6.07) is 5.23. The zero-order chi connectivity index (χ0) is 22.1. The van der Waals surface area contributed by atoms with Crippen LogP contribution in [-0.4, -0.2) is 35.4 Å². The van der Waals surface area contributed by atoms with Crippen molar-refractivity contribution in [2.24, 2.45) is 0 Å². The van der Waals surface area contributed by atoms with Crippen molar-refractivity contribution in [2.75, 3.05) is 23.9 Å². The number of aromatic amines is 1. The maximum Gasteiger partial charge on any atom is 0.259 e. The van der Waals surface area contributed by atoms with Crippen LogP contribution in [0.5, 0.6) is 5.75 Å². The van der Waals surface area contributed by atoms with Crippen LogP contribution in [0.25, 0.3) is 10.2 Å². The molecule has 9 heteroatoms. The van der Waals surface area contributed by atoms with Gasteiger partial charge < -0.3 is 19.9 Å². The number of aryl methyl sites for hydroxylation is 3. The van der Waals surface area contributed by atoms with E-state index in [4.69, 9.17) is 4.74 Å². The average molecular weight is 441 g/mol. The second-order valence-electron chi connectivity index (χ2n) is 7.56. The molecule has 0 radical (unpaired) electrons. The number of carbonyl (C=O) groups is 2. The van der Waals surface area contributed by atoms with Gasteiger partial charge >= 0.3 is 0 Å². The number of anilines is 2. The lowest BCUT2D eigenvalue weighted by Gasteiger charge is -2.20. The number of nitrogens with one attached hydrogen (secondary N) is 2. The Morgan fingerprint density at radius 3 is 2.84 bits per heavy atom. The molecule has 1 fully saturated rings. The van der Waals surface area contributed by atoms with Crippen LogP contribution in [0.3, 0.4) is 0 Å². The molecule has 0 unspecified atom stereocenters. The Labute approximate surface area is 183 Å². The molecule has 2 N–H and O–H groups in total.